The fourth-order valence-corrected chi connectivity index (χ4v) is 3.15. The summed E-state index contributed by atoms with van der Waals surface area (Å²) in [5.74, 6) is 1.08. The molecular weight excluding hydrogens is 212 g/mol. The van der Waals surface area contributed by atoms with E-state index in [1.165, 1.54) is 19.3 Å². The normalized spacial score (nSPS) is 28.2. The zero-order chi connectivity index (χ0) is 12.3. The molecular formula is C14H24N2O. The van der Waals surface area contributed by atoms with E-state index in [0.29, 0.717) is 18.1 Å². The standard InChI is InChI=1S/C14H24N2O/c1-3-13(14-8-5-9-17-14)16-11(2)6-4-7-12(16)10-15/h5,8-9,11-13H,3-4,6-7,10,15H2,1-2H3. The molecule has 1 aromatic rings. The zero-order valence-electron chi connectivity index (χ0n) is 10.9. The van der Waals surface area contributed by atoms with E-state index in [0.717, 1.165) is 18.7 Å². The van der Waals surface area contributed by atoms with Crippen LogP contribution in [0.4, 0.5) is 0 Å². The molecule has 2 N–H and O–H groups in total. The van der Waals surface area contributed by atoms with Crippen molar-refractivity contribution in [3.05, 3.63) is 24.2 Å². The van der Waals surface area contributed by atoms with Crippen LogP contribution in [0.1, 0.15) is 51.3 Å². The molecule has 0 bridgehead atoms. The van der Waals surface area contributed by atoms with E-state index in [9.17, 15) is 0 Å². The van der Waals surface area contributed by atoms with Crippen molar-refractivity contribution in [2.24, 2.45) is 5.73 Å². The maximum absolute atomic E-state index is 5.93. The molecule has 2 heterocycles. The summed E-state index contributed by atoms with van der Waals surface area (Å²) in [4.78, 5) is 2.57. The predicted octanol–water partition coefficient (Wildman–Crippen LogP) is 2.93. The minimum Gasteiger partial charge on any atom is -0.468 e. The highest BCUT2D eigenvalue weighted by Gasteiger charge is 2.33. The van der Waals surface area contributed by atoms with Crippen molar-refractivity contribution >= 4 is 0 Å². The molecule has 1 aliphatic heterocycles. The number of nitrogens with two attached hydrogens (primary N) is 1. The SMILES string of the molecule is CCC(c1ccco1)N1C(C)CCCC1CN. The summed E-state index contributed by atoms with van der Waals surface area (Å²) in [7, 11) is 0. The van der Waals surface area contributed by atoms with Gasteiger partial charge in [0.25, 0.3) is 0 Å². The molecule has 1 saturated heterocycles. The molecule has 3 heteroatoms. The summed E-state index contributed by atoms with van der Waals surface area (Å²) in [5.41, 5.74) is 5.93. The summed E-state index contributed by atoms with van der Waals surface area (Å²) >= 11 is 0. The summed E-state index contributed by atoms with van der Waals surface area (Å²) in [6, 6.07) is 5.56. The zero-order valence-corrected chi connectivity index (χ0v) is 10.9. The largest absolute Gasteiger partial charge is 0.468 e. The van der Waals surface area contributed by atoms with Gasteiger partial charge in [-0.15, -0.1) is 0 Å². The average Bonchev–Trinajstić information content (AvgIpc) is 2.86. The lowest BCUT2D eigenvalue weighted by molar-refractivity contribution is 0.0376. The molecule has 0 radical (unpaired) electrons. The van der Waals surface area contributed by atoms with Gasteiger partial charge in [-0.1, -0.05) is 13.3 Å². The van der Waals surface area contributed by atoms with Gasteiger partial charge in [0.15, 0.2) is 0 Å². The van der Waals surface area contributed by atoms with Crippen molar-refractivity contribution in [1.82, 2.24) is 4.90 Å². The number of furan rings is 1. The fraction of sp³-hybridized carbons (Fsp3) is 0.714. The summed E-state index contributed by atoms with van der Waals surface area (Å²) in [6.45, 7) is 5.29. The Kier molecular flexibility index (Phi) is 4.24. The first-order chi connectivity index (χ1) is 8.27. The first kappa shape index (κ1) is 12.7. The number of likely N-dealkylation sites (tertiary alicyclic amines) is 1. The molecule has 1 aliphatic rings. The van der Waals surface area contributed by atoms with Crippen LogP contribution in [0.3, 0.4) is 0 Å². The minimum absolute atomic E-state index is 0.383. The van der Waals surface area contributed by atoms with E-state index in [4.69, 9.17) is 10.2 Å². The van der Waals surface area contributed by atoms with Gasteiger partial charge >= 0.3 is 0 Å². The van der Waals surface area contributed by atoms with Crippen LogP contribution >= 0.6 is 0 Å². The highest BCUT2D eigenvalue weighted by Crippen LogP contribution is 2.34. The van der Waals surface area contributed by atoms with Gasteiger partial charge in [-0.2, -0.15) is 0 Å². The number of nitrogens with zero attached hydrogens (tertiary/aromatic N) is 1. The molecule has 3 nitrogen and oxygen atoms in total. The van der Waals surface area contributed by atoms with Crippen LogP contribution in [0.2, 0.25) is 0 Å². The average molecular weight is 236 g/mol. The van der Waals surface area contributed by atoms with Gasteiger partial charge in [0.2, 0.25) is 0 Å². The van der Waals surface area contributed by atoms with Gasteiger partial charge in [0, 0.05) is 18.6 Å². The van der Waals surface area contributed by atoms with E-state index >= 15 is 0 Å². The highest BCUT2D eigenvalue weighted by molar-refractivity contribution is 5.06. The van der Waals surface area contributed by atoms with Gasteiger partial charge in [-0.05, 0) is 38.3 Å². The third-order valence-electron chi connectivity index (χ3n) is 3.98. The smallest absolute Gasteiger partial charge is 0.120 e. The summed E-state index contributed by atoms with van der Waals surface area (Å²) in [5, 5.41) is 0. The van der Waals surface area contributed by atoms with E-state index in [-0.39, 0.29) is 0 Å². The molecule has 3 unspecified atom stereocenters. The van der Waals surface area contributed by atoms with Gasteiger partial charge in [0.05, 0.1) is 12.3 Å². The first-order valence-corrected chi connectivity index (χ1v) is 6.78. The molecule has 3 atom stereocenters. The lowest BCUT2D eigenvalue weighted by Gasteiger charge is -2.44. The monoisotopic (exact) mass is 236 g/mol. The second-order valence-corrected chi connectivity index (χ2v) is 5.06. The van der Waals surface area contributed by atoms with Gasteiger partial charge in [0.1, 0.15) is 5.76 Å². The van der Waals surface area contributed by atoms with Crippen molar-refractivity contribution in [3.8, 4) is 0 Å². The number of hydrogen-bond donors (Lipinski definition) is 1. The van der Waals surface area contributed by atoms with Crippen molar-refractivity contribution in [1.29, 1.82) is 0 Å². The first-order valence-electron chi connectivity index (χ1n) is 6.78. The second-order valence-electron chi connectivity index (χ2n) is 5.06. The summed E-state index contributed by atoms with van der Waals surface area (Å²) < 4.78 is 5.60. The molecule has 0 saturated carbocycles. The molecule has 1 fully saturated rings. The van der Waals surface area contributed by atoms with Crippen LogP contribution in [-0.4, -0.2) is 23.5 Å². The van der Waals surface area contributed by atoms with Crippen molar-refractivity contribution < 1.29 is 4.42 Å². The Balaban J connectivity index is 2.21. The Hall–Kier alpha value is -0.800. The maximum atomic E-state index is 5.93. The third kappa shape index (κ3) is 2.55. The van der Waals surface area contributed by atoms with E-state index < -0.39 is 0 Å². The third-order valence-corrected chi connectivity index (χ3v) is 3.98. The molecule has 0 aliphatic carbocycles. The number of hydrogen-bond acceptors (Lipinski definition) is 3. The lowest BCUT2D eigenvalue weighted by atomic mass is 9.92. The lowest BCUT2D eigenvalue weighted by Crippen LogP contribution is -2.50. The van der Waals surface area contributed by atoms with E-state index in [2.05, 4.69) is 24.8 Å². The van der Waals surface area contributed by atoms with Crippen LogP contribution in [-0.2, 0) is 0 Å². The minimum atomic E-state index is 0.383. The summed E-state index contributed by atoms with van der Waals surface area (Å²) in [6.07, 6.45) is 6.64. The van der Waals surface area contributed by atoms with Crippen LogP contribution in [0.15, 0.2) is 22.8 Å². The molecule has 96 valence electrons. The van der Waals surface area contributed by atoms with Gasteiger partial charge < -0.3 is 10.2 Å². The molecule has 1 aromatic heterocycles. The second kappa shape index (κ2) is 5.69. The Bertz CT molecular complexity index is 323. The van der Waals surface area contributed by atoms with E-state index in [1.54, 1.807) is 6.26 Å². The van der Waals surface area contributed by atoms with Crippen molar-refractivity contribution in [3.63, 3.8) is 0 Å². The van der Waals surface area contributed by atoms with Crippen LogP contribution in [0.5, 0.6) is 0 Å². The van der Waals surface area contributed by atoms with E-state index in [1.807, 2.05) is 6.07 Å². The van der Waals surface area contributed by atoms with Crippen molar-refractivity contribution in [2.75, 3.05) is 6.54 Å². The van der Waals surface area contributed by atoms with Crippen molar-refractivity contribution in [2.45, 2.75) is 57.7 Å². The predicted molar refractivity (Wildman–Crippen MR) is 69.7 cm³/mol. The van der Waals surface area contributed by atoms with Crippen LogP contribution < -0.4 is 5.73 Å². The number of piperidine rings is 1. The molecule has 0 spiro atoms. The quantitative estimate of drug-likeness (QED) is 0.874. The Labute approximate surface area is 104 Å². The Morgan fingerprint density at radius 1 is 1.53 bits per heavy atom. The number of rotatable bonds is 4. The Morgan fingerprint density at radius 3 is 2.94 bits per heavy atom. The van der Waals surface area contributed by atoms with Crippen LogP contribution in [0, 0.1) is 0 Å². The van der Waals surface area contributed by atoms with Gasteiger partial charge in [-0.25, -0.2) is 0 Å². The Morgan fingerprint density at radius 2 is 2.35 bits per heavy atom. The maximum Gasteiger partial charge on any atom is 0.120 e. The molecule has 2 rings (SSSR count). The molecule has 17 heavy (non-hydrogen) atoms. The topological polar surface area (TPSA) is 42.4 Å². The highest BCUT2D eigenvalue weighted by atomic mass is 16.3. The van der Waals surface area contributed by atoms with Crippen LogP contribution in [0.25, 0.3) is 0 Å². The van der Waals surface area contributed by atoms with Gasteiger partial charge in [-0.3, -0.25) is 4.90 Å². The molecule has 0 aromatic carbocycles. The fourth-order valence-electron chi connectivity index (χ4n) is 3.15. The molecule has 0 amide bonds.